The van der Waals surface area contributed by atoms with Crippen molar-refractivity contribution in [3.63, 3.8) is 0 Å². The van der Waals surface area contributed by atoms with Crippen molar-refractivity contribution in [3.05, 3.63) is 0 Å². The molecule has 0 bridgehead atoms. The van der Waals surface area contributed by atoms with Gasteiger partial charge in [-0.3, -0.25) is 0 Å². The number of fused-ring (bicyclic) bond motifs is 2. The third-order valence-corrected chi connectivity index (χ3v) is 3.63. The Morgan fingerprint density at radius 3 is 2.50 bits per heavy atom. The molecular weight excluding hydrogens is 174 g/mol. The summed E-state index contributed by atoms with van der Waals surface area (Å²) in [6.07, 6.45) is 3.97. The SMILES string of the molecule is C1CC2(CCN1)OCC1CC12.Cl. The maximum Gasteiger partial charge on any atom is 0.0738 e. The summed E-state index contributed by atoms with van der Waals surface area (Å²) in [4.78, 5) is 0. The molecule has 1 N–H and O–H groups in total. The first kappa shape index (κ1) is 8.79. The summed E-state index contributed by atoms with van der Waals surface area (Å²) < 4.78 is 5.90. The Labute approximate surface area is 79.5 Å². The predicted octanol–water partition coefficient (Wildman–Crippen LogP) is 1.20. The molecule has 1 aliphatic carbocycles. The minimum Gasteiger partial charge on any atom is -0.374 e. The van der Waals surface area contributed by atoms with Crippen molar-refractivity contribution >= 4 is 12.4 Å². The molecule has 2 atom stereocenters. The van der Waals surface area contributed by atoms with Gasteiger partial charge in [-0.25, -0.2) is 0 Å². The second-order valence-electron chi connectivity index (χ2n) is 4.23. The van der Waals surface area contributed by atoms with E-state index in [0.717, 1.165) is 18.4 Å². The van der Waals surface area contributed by atoms with Gasteiger partial charge >= 0.3 is 0 Å². The molecule has 3 rings (SSSR count). The maximum absolute atomic E-state index is 5.90. The van der Waals surface area contributed by atoms with E-state index in [1.54, 1.807) is 0 Å². The molecule has 1 spiro atoms. The summed E-state index contributed by atoms with van der Waals surface area (Å²) in [6.45, 7) is 3.40. The van der Waals surface area contributed by atoms with Gasteiger partial charge in [0.1, 0.15) is 0 Å². The fourth-order valence-electron chi connectivity index (χ4n) is 2.82. The number of nitrogens with one attached hydrogen (secondary N) is 1. The molecule has 12 heavy (non-hydrogen) atoms. The van der Waals surface area contributed by atoms with Crippen molar-refractivity contribution in [1.82, 2.24) is 5.32 Å². The lowest BCUT2D eigenvalue weighted by molar-refractivity contribution is -0.0460. The van der Waals surface area contributed by atoms with E-state index in [2.05, 4.69) is 5.32 Å². The molecule has 3 aliphatic rings. The van der Waals surface area contributed by atoms with Gasteiger partial charge in [0, 0.05) is 0 Å². The van der Waals surface area contributed by atoms with Crippen LogP contribution in [0, 0.1) is 11.8 Å². The van der Waals surface area contributed by atoms with Crippen LogP contribution in [-0.2, 0) is 4.74 Å². The molecule has 2 nitrogen and oxygen atoms in total. The number of piperidine rings is 1. The average molecular weight is 190 g/mol. The van der Waals surface area contributed by atoms with Gasteiger partial charge in [0.15, 0.2) is 0 Å². The highest BCUT2D eigenvalue weighted by Crippen LogP contribution is 2.57. The quantitative estimate of drug-likeness (QED) is 0.619. The number of hydrogen-bond donors (Lipinski definition) is 1. The molecule has 2 unspecified atom stereocenters. The molecule has 0 aromatic carbocycles. The molecule has 3 fully saturated rings. The molecule has 1 saturated carbocycles. The van der Waals surface area contributed by atoms with E-state index in [-0.39, 0.29) is 12.4 Å². The van der Waals surface area contributed by atoms with Crippen molar-refractivity contribution < 1.29 is 4.74 Å². The first-order valence-electron chi connectivity index (χ1n) is 4.75. The lowest BCUT2D eigenvalue weighted by Gasteiger charge is -2.34. The van der Waals surface area contributed by atoms with E-state index in [1.807, 2.05) is 0 Å². The molecule has 70 valence electrons. The summed E-state index contributed by atoms with van der Waals surface area (Å²) in [6, 6.07) is 0. The summed E-state index contributed by atoms with van der Waals surface area (Å²) in [5.41, 5.74) is 0.343. The van der Waals surface area contributed by atoms with Crippen LogP contribution in [0.3, 0.4) is 0 Å². The van der Waals surface area contributed by atoms with Crippen LogP contribution in [0.5, 0.6) is 0 Å². The molecule has 0 aromatic rings. The molecule has 0 radical (unpaired) electrons. The fourth-order valence-corrected chi connectivity index (χ4v) is 2.82. The van der Waals surface area contributed by atoms with Gasteiger partial charge < -0.3 is 10.1 Å². The minimum absolute atomic E-state index is 0. The zero-order valence-corrected chi connectivity index (χ0v) is 8.03. The Balaban J connectivity index is 0.000000563. The summed E-state index contributed by atoms with van der Waals surface area (Å²) in [5, 5.41) is 3.39. The Morgan fingerprint density at radius 1 is 1.25 bits per heavy atom. The number of halogens is 1. The van der Waals surface area contributed by atoms with E-state index in [1.165, 1.54) is 32.4 Å². The van der Waals surface area contributed by atoms with E-state index in [9.17, 15) is 0 Å². The summed E-state index contributed by atoms with van der Waals surface area (Å²) >= 11 is 0. The van der Waals surface area contributed by atoms with Gasteiger partial charge in [-0.15, -0.1) is 12.4 Å². The second-order valence-corrected chi connectivity index (χ2v) is 4.23. The zero-order valence-electron chi connectivity index (χ0n) is 7.21. The third-order valence-electron chi connectivity index (χ3n) is 3.63. The van der Waals surface area contributed by atoms with Gasteiger partial charge in [0.25, 0.3) is 0 Å². The highest BCUT2D eigenvalue weighted by Gasteiger charge is 2.58. The summed E-state index contributed by atoms with van der Waals surface area (Å²) in [7, 11) is 0. The minimum atomic E-state index is 0. The van der Waals surface area contributed by atoms with Crippen LogP contribution in [0.15, 0.2) is 0 Å². The number of hydrogen-bond acceptors (Lipinski definition) is 2. The third kappa shape index (κ3) is 1.09. The van der Waals surface area contributed by atoms with Crippen LogP contribution < -0.4 is 5.32 Å². The first-order valence-corrected chi connectivity index (χ1v) is 4.75. The fraction of sp³-hybridized carbons (Fsp3) is 1.00. The predicted molar refractivity (Wildman–Crippen MR) is 49.6 cm³/mol. The monoisotopic (exact) mass is 189 g/mol. The van der Waals surface area contributed by atoms with Crippen molar-refractivity contribution in [2.24, 2.45) is 11.8 Å². The van der Waals surface area contributed by atoms with Crippen LogP contribution >= 0.6 is 12.4 Å². The van der Waals surface area contributed by atoms with Crippen LogP contribution in [0.1, 0.15) is 19.3 Å². The average Bonchev–Trinajstić information content (AvgIpc) is 2.77. The highest BCUT2D eigenvalue weighted by atomic mass is 35.5. The van der Waals surface area contributed by atoms with Crippen molar-refractivity contribution in [2.75, 3.05) is 19.7 Å². The van der Waals surface area contributed by atoms with E-state index in [0.29, 0.717) is 5.60 Å². The maximum atomic E-state index is 5.90. The Morgan fingerprint density at radius 2 is 2.00 bits per heavy atom. The van der Waals surface area contributed by atoms with E-state index < -0.39 is 0 Å². The molecule has 0 amide bonds. The molecule has 3 heteroatoms. The van der Waals surface area contributed by atoms with Crippen LogP contribution in [-0.4, -0.2) is 25.3 Å². The topological polar surface area (TPSA) is 21.3 Å². The van der Waals surface area contributed by atoms with Crippen molar-refractivity contribution in [3.8, 4) is 0 Å². The van der Waals surface area contributed by atoms with E-state index in [4.69, 9.17) is 4.74 Å². The number of ether oxygens (including phenoxy) is 1. The van der Waals surface area contributed by atoms with Crippen LogP contribution in [0.2, 0.25) is 0 Å². The Hall–Kier alpha value is 0.210. The highest BCUT2D eigenvalue weighted by molar-refractivity contribution is 5.85. The van der Waals surface area contributed by atoms with Crippen molar-refractivity contribution in [2.45, 2.75) is 24.9 Å². The standard InChI is InChI=1S/C9H15NO.ClH/c1-3-10-4-2-9(1)8-5-7(8)6-11-9;/h7-8,10H,1-6H2;1H. The van der Waals surface area contributed by atoms with E-state index >= 15 is 0 Å². The summed E-state index contributed by atoms with van der Waals surface area (Å²) in [5.74, 6) is 1.90. The molecular formula is C9H16ClNO. The van der Waals surface area contributed by atoms with Crippen molar-refractivity contribution in [1.29, 1.82) is 0 Å². The zero-order chi connectivity index (χ0) is 7.31. The lowest BCUT2D eigenvalue weighted by Crippen LogP contribution is -2.43. The van der Waals surface area contributed by atoms with Crippen LogP contribution in [0.4, 0.5) is 0 Å². The van der Waals surface area contributed by atoms with Gasteiger partial charge in [-0.1, -0.05) is 0 Å². The normalized spacial score (nSPS) is 42.0. The van der Waals surface area contributed by atoms with Gasteiger partial charge in [0.05, 0.1) is 12.2 Å². The lowest BCUT2D eigenvalue weighted by atomic mass is 9.88. The Bertz CT molecular complexity index is 179. The largest absolute Gasteiger partial charge is 0.374 e. The molecule has 2 saturated heterocycles. The van der Waals surface area contributed by atoms with Gasteiger partial charge in [-0.2, -0.15) is 0 Å². The smallest absolute Gasteiger partial charge is 0.0738 e. The first-order chi connectivity index (χ1) is 5.41. The number of rotatable bonds is 0. The van der Waals surface area contributed by atoms with Gasteiger partial charge in [0.2, 0.25) is 0 Å². The van der Waals surface area contributed by atoms with Gasteiger partial charge in [-0.05, 0) is 44.2 Å². The molecule has 2 heterocycles. The second kappa shape index (κ2) is 2.86. The van der Waals surface area contributed by atoms with Crippen LogP contribution in [0.25, 0.3) is 0 Å². The molecule has 2 aliphatic heterocycles. The Kier molecular flexibility index (Phi) is 2.10. The molecule has 0 aromatic heterocycles.